The molecule has 1 aliphatic rings. The number of amides is 2. The van der Waals surface area contributed by atoms with Gasteiger partial charge in [0.05, 0.1) is 0 Å². The highest BCUT2D eigenvalue weighted by Crippen LogP contribution is 2.16. The van der Waals surface area contributed by atoms with Gasteiger partial charge in [-0.25, -0.2) is 4.79 Å². The van der Waals surface area contributed by atoms with Gasteiger partial charge in [-0.1, -0.05) is 13.0 Å². The highest BCUT2D eigenvalue weighted by Gasteiger charge is 2.27. The van der Waals surface area contributed by atoms with Crippen molar-refractivity contribution in [3.63, 3.8) is 0 Å². The zero-order chi connectivity index (χ0) is 12.1. The van der Waals surface area contributed by atoms with Crippen LogP contribution in [0.25, 0.3) is 0 Å². The second kappa shape index (κ2) is 5.53. The summed E-state index contributed by atoms with van der Waals surface area (Å²) in [5.41, 5.74) is 0. The summed E-state index contributed by atoms with van der Waals surface area (Å²) in [4.78, 5) is 25.6. The number of carbonyl (C=O) groups excluding carboxylic acids is 1. The maximum Gasteiger partial charge on any atom is 0.323 e. The number of carboxylic acid groups (broad SMARTS) is 1. The smallest absolute Gasteiger partial charge is 0.323 e. The number of carboxylic acids is 1. The van der Waals surface area contributed by atoms with Crippen LogP contribution in [0, 0.1) is 5.92 Å². The molecule has 0 aliphatic carbocycles. The summed E-state index contributed by atoms with van der Waals surface area (Å²) in [6, 6.07) is -0.202. The van der Waals surface area contributed by atoms with Gasteiger partial charge in [-0.2, -0.15) is 0 Å². The molecule has 5 heteroatoms. The van der Waals surface area contributed by atoms with E-state index in [-0.39, 0.29) is 19.1 Å². The van der Waals surface area contributed by atoms with E-state index in [9.17, 15) is 9.59 Å². The molecular formula is C11H18N2O3. The van der Waals surface area contributed by atoms with Crippen molar-refractivity contribution in [2.24, 2.45) is 5.92 Å². The number of likely N-dealkylation sites (tertiary alicyclic amines) is 1. The highest BCUT2D eigenvalue weighted by molar-refractivity contribution is 5.80. The normalized spacial score (nSPS) is 19.6. The molecule has 5 nitrogen and oxygen atoms in total. The Morgan fingerprint density at radius 1 is 1.62 bits per heavy atom. The first-order valence-corrected chi connectivity index (χ1v) is 5.41. The van der Waals surface area contributed by atoms with Crippen molar-refractivity contribution in [2.75, 3.05) is 26.2 Å². The minimum atomic E-state index is -0.998. The van der Waals surface area contributed by atoms with Gasteiger partial charge in [-0.15, -0.1) is 6.58 Å². The zero-order valence-corrected chi connectivity index (χ0v) is 9.56. The molecule has 1 fully saturated rings. The number of urea groups is 1. The molecule has 0 saturated carbocycles. The van der Waals surface area contributed by atoms with E-state index in [0.717, 1.165) is 6.42 Å². The van der Waals surface area contributed by atoms with Crippen LogP contribution in [0.2, 0.25) is 0 Å². The third kappa shape index (κ3) is 3.25. The molecule has 1 N–H and O–H groups in total. The first kappa shape index (κ1) is 12.5. The highest BCUT2D eigenvalue weighted by atomic mass is 16.4. The Kier molecular flexibility index (Phi) is 4.34. The van der Waals surface area contributed by atoms with E-state index >= 15 is 0 Å². The van der Waals surface area contributed by atoms with Gasteiger partial charge in [0.1, 0.15) is 6.54 Å². The van der Waals surface area contributed by atoms with E-state index in [1.165, 1.54) is 4.90 Å². The van der Waals surface area contributed by atoms with Gasteiger partial charge in [0.15, 0.2) is 0 Å². The summed E-state index contributed by atoms with van der Waals surface area (Å²) in [5, 5.41) is 8.71. The topological polar surface area (TPSA) is 60.9 Å². The Bertz CT molecular complexity index is 291. The quantitative estimate of drug-likeness (QED) is 0.728. The van der Waals surface area contributed by atoms with Gasteiger partial charge in [0.2, 0.25) is 0 Å². The summed E-state index contributed by atoms with van der Waals surface area (Å²) < 4.78 is 0. The minimum Gasteiger partial charge on any atom is -0.480 e. The lowest BCUT2D eigenvalue weighted by Crippen LogP contribution is -2.44. The van der Waals surface area contributed by atoms with E-state index in [1.54, 1.807) is 11.0 Å². The van der Waals surface area contributed by atoms with Crippen LogP contribution in [0.4, 0.5) is 4.79 Å². The monoisotopic (exact) mass is 226 g/mol. The molecule has 0 aromatic carbocycles. The third-order valence-corrected chi connectivity index (χ3v) is 2.64. The summed E-state index contributed by atoms with van der Waals surface area (Å²) in [5.74, 6) is -0.498. The maximum atomic E-state index is 12.0. The van der Waals surface area contributed by atoms with Crippen molar-refractivity contribution < 1.29 is 14.7 Å². The lowest BCUT2D eigenvalue weighted by atomic mass is 10.2. The number of rotatable bonds is 4. The van der Waals surface area contributed by atoms with Crippen LogP contribution >= 0.6 is 0 Å². The molecule has 0 spiro atoms. The molecule has 1 saturated heterocycles. The van der Waals surface area contributed by atoms with Crippen LogP contribution in [-0.2, 0) is 4.79 Å². The fourth-order valence-corrected chi connectivity index (χ4v) is 1.84. The zero-order valence-electron chi connectivity index (χ0n) is 9.56. The Morgan fingerprint density at radius 2 is 2.31 bits per heavy atom. The van der Waals surface area contributed by atoms with Crippen molar-refractivity contribution in [3.8, 4) is 0 Å². The van der Waals surface area contributed by atoms with Crippen molar-refractivity contribution in [2.45, 2.75) is 13.3 Å². The fraction of sp³-hybridized carbons (Fsp3) is 0.636. The molecule has 0 aromatic heterocycles. The molecule has 90 valence electrons. The molecule has 0 bridgehead atoms. The van der Waals surface area contributed by atoms with Crippen molar-refractivity contribution in [3.05, 3.63) is 12.7 Å². The maximum absolute atomic E-state index is 12.0. The van der Waals surface area contributed by atoms with Crippen LogP contribution in [0.15, 0.2) is 12.7 Å². The Hall–Kier alpha value is -1.52. The Morgan fingerprint density at radius 3 is 2.75 bits per heavy atom. The van der Waals surface area contributed by atoms with Gasteiger partial charge in [-0.05, 0) is 12.3 Å². The van der Waals surface area contributed by atoms with Gasteiger partial charge in [0, 0.05) is 19.6 Å². The SMILES string of the molecule is C=CCN(CC(=O)O)C(=O)N1CCC(C)C1. The third-order valence-electron chi connectivity index (χ3n) is 2.64. The molecule has 1 atom stereocenters. The average molecular weight is 226 g/mol. The average Bonchev–Trinajstić information content (AvgIpc) is 2.62. The number of carbonyl (C=O) groups is 2. The molecule has 2 amide bonds. The van der Waals surface area contributed by atoms with Crippen molar-refractivity contribution >= 4 is 12.0 Å². The number of nitrogens with zero attached hydrogens (tertiary/aromatic N) is 2. The van der Waals surface area contributed by atoms with E-state index in [0.29, 0.717) is 19.0 Å². The van der Waals surface area contributed by atoms with Crippen molar-refractivity contribution in [1.82, 2.24) is 9.80 Å². The largest absolute Gasteiger partial charge is 0.480 e. The minimum absolute atomic E-state index is 0.202. The Labute approximate surface area is 95.3 Å². The van der Waals surface area contributed by atoms with Crippen LogP contribution in [0.1, 0.15) is 13.3 Å². The van der Waals surface area contributed by atoms with Gasteiger partial charge >= 0.3 is 12.0 Å². The molecule has 1 rings (SSSR count). The van der Waals surface area contributed by atoms with Crippen LogP contribution in [0.5, 0.6) is 0 Å². The molecule has 1 heterocycles. The summed E-state index contributed by atoms with van der Waals surface area (Å²) in [7, 11) is 0. The molecule has 16 heavy (non-hydrogen) atoms. The summed E-state index contributed by atoms with van der Waals surface area (Å²) in [6.07, 6.45) is 2.53. The number of hydrogen-bond donors (Lipinski definition) is 1. The lowest BCUT2D eigenvalue weighted by Gasteiger charge is -2.25. The fourth-order valence-electron chi connectivity index (χ4n) is 1.84. The molecule has 0 aromatic rings. The predicted octanol–water partition coefficient (Wildman–Crippen LogP) is 1.02. The predicted molar refractivity (Wildman–Crippen MR) is 60.2 cm³/mol. The van der Waals surface area contributed by atoms with Crippen LogP contribution < -0.4 is 0 Å². The van der Waals surface area contributed by atoms with Gasteiger partial charge in [0.25, 0.3) is 0 Å². The molecule has 0 radical (unpaired) electrons. The standard InChI is InChI=1S/C11H18N2O3/c1-3-5-12(8-10(14)15)11(16)13-6-4-9(2)7-13/h3,9H,1,4-8H2,2H3,(H,14,15). The first-order chi connectivity index (χ1) is 7.54. The van der Waals surface area contributed by atoms with Crippen LogP contribution in [-0.4, -0.2) is 53.1 Å². The first-order valence-electron chi connectivity index (χ1n) is 5.41. The number of hydrogen-bond acceptors (Lipinski definition) is 2. The van der Waals surface area contributed by atoms with Crippen molar-refractivity contribution in [1.29, 1.82) is 0 Å². The van der Waals surface area contributed by atoms with E-state index in [2.05, 4.69) is 13.5 Å². The molecular weight excluding hydrogens is 208 g/mol. The van der Waals surface area contributed by atoms with Gasteiger partial charge in [-0.3, -0.25) is 4.79 Å². The number of aliphatic carboxylic acids is 1. The van der Waals surface area contributed by atoms with Crippen LogP contribution in [0.3, 0.4) is 0 Å². The second-order valence-electron chi connectivity index (χ2n) is 4.19. The Balaban J connectivity index is 2.59. The van der Waals surface area contributed by atoms with Gasteiger partial charge < -0.3 is 14.9 Å². The summed E-state index contributed by atoms with van der Waals surface area (Å²) >= 11 is 0. The van der Waals surface area contributed by atoms with E-state index in [1.807, 2.05) is 0 Å². The van der Waals surface area contributed by atoms with E-state index < -0.39 is 5.97 Å². The second-order valence-corrected chi connectivity index (χ2v) is 4.19. The molecule has 1 aliphatic heterocycles. The lowest BCUT2D eigenvalue weighted by molar-refractivity contribution is -0.137. The van der Waals surface area contributed by atoms with E-state index in [4.69, 9.17) is 5.11 Å². The summed E-state index contributed by atoms with van der Waals surface area (Å²) in [6.45, 7) is 7.05. The molecule has 1 unspecified atom stereocenters.